The highest BCUT2D eigenvalue weighted by atomic mass is 16.6. The summed E-state index contributed by atoms with van der Waals surface area (Å²) in [6.07, 6.45) is 6.21. The van der Waals surface area contributed by atoms with Crippen LogP contribution in [-0.4, -0.2) is 126 Å². The quantitative estimate of drug-likeness (QED) is 0.174. The number of carbonyl (C=O) groups excluding carboxylic acids is 4. The third kappa shape index (κ3) is 11.7. The van der Waals surface area contributed by atoms with Gasteiger partial charge in [0.05, 0.1) is 59.3 Å². The number of hydrogen-bond acceptors (Lipinski definition) is 9. The first-order chi connectivity index (χ1) is 19.0. The van der Waals surface area contributed by atoms with Crippen molar-refractivity contribution in [3.05, 3.63) is 12.2 Å². The maximum atomic E-state index is 12.4. The smallest absolute Gasteiger partial charge is 0.253 e. The molecule has 0 aromatic heterocycles. The van der Waals surface area contributed by atoms with Crippen molar-refractivity contribution in [2.24, 2.45) is 11.8 Å². The molecule has 12 heteroatoms. The average Bonchev–Trinajstić information content (AvgIpc) is 3.27. The van der Waals surface area contributed by atoms with Crippen LogP contribution in [0.4, 0.5) is 0 Å². The van der Waals surface area contributed by atoms with Gasteiger partial charge in [0.25, 0.3) is 11.8 Å². The maximum Gasteiger partial charge on any atom is 0.253 e. The first-order valence-corrected chi connectivity index (χ1v) is 14.2. The van der Waals surface area contributed by atoms with E-state index in [4.69, 9.17) is 18.9 Å². The van der Waals surface area contributed by atoms with Gasteiger partial charge in [0.2, 0.25) is 11.8 Å². The Balaban J connectivity index is 1.05. The third-order valence-electron chi connectivity index (χ3n) is 7.15. The molecule has 1 aliphatic carbocycles. The maximum absolute atomic E-state index is 12.4. The molecule has 2 N–H and O–H groups in total. The SMILES string of the molecule is O=C(NCCOCCOCCOCCOCCC(=O)N1CCNCC1)C1CCC(CN2C(=O)C=CC2=O)CC1. The lowest BCUT2D eigenvalue weighted by Crippen LogP contribution is -2.46. The molecule has 3 rings (SSSR count). The van der Waals surface area contributed by atoms with Crippen molar-refractivity contribution >= 4 is 23.6 Å². The molecule has 2 aliphatic heterocycles. The minimum atomic E-state index is -0.243. The molecular formula is C27H44N4O8. The van der Waals surface area contributed by atoms with Gasteiger partial charge in [-0.3, -0.25) is 24.1 Å². The van der Waals surface area contributed by atoms with Crippen LogP contribution in [0.1, 0.15) is 32.1 Å². The molecule has 12 nitrogen and oxygen atoms in total. The van der Waals surface area contributed by atoms with Crippen LogP contribution >= 0.6 is 0 Å². The van der Waals surface area contributed by atoms with Crippen LogP contribution in [0.25, 0.3) is 0 Å². The number of hydrogen-bond donors (Lipinski definition) is 2. The Morgan fingerprint density at radius 2 is 1.33 bits per heavy atom. The Morgan fingerprint density at radius 3 is 1.92 bits per heavy atom. The summed E-state index contributed by atoms with van der Waals surface area (Å²) in [6, 6.07) is 0. The highest BCUT2D eigenvalue weighted by Gasteiger charge is 2.31. The highest BCUT2D eigenvalue weighted by Crippen LogP contribution is 2.30. The molecule has 0 aromatic rings. The molecule has 0 radical (unpaired) electrons. The van der Waals surface area contributed by atoms with Crippen LogP contribution in [0.15, 0.2) is 12.2 Å². The van der Waals surface area contributed by atoms with Crippen molar-refractivity contribution < 1.29 is 38.1 Å². The second kappa shape index (κ2) is 18.1. The van der Waals surface area contributed by atoms with Crippen LogP contribution in [0.2, 0.25) is 0 Å². The zero-order valence-corrected chi connectivity index (χ0v) is 22.9. The van der Waals surface area contributed by atoms with Gasteiger partial charge in [0.1, 0.15) is 0 Å². The van der Waals surface area contributed by atoms with Crippen LogP contribution < -0.4 is 10.6 Å². The van der Waals surface area contributed by atoms with Crippen molar-refractivity contribution in [3.63, 3.8) is 0 Å². The van der Waals surface area contributed by atoms with E-state index in [0.717, 1.165) is 51.9 Å². The fourth-order valence-electron chi connectivity index (χ4n) is 4.86. The zero-order chi connectivity index (χ0) is 27.7. The van der Waals surface area contributed by atoms with Gasteiger partial charge in [-0.15, -0.1) is 0 Å². The van der Waals surface area contributed by atoms with Gasteiger partial charge >= 0.3 is 0 Å². The molecular weight excluding hydrogens is 508 g/mol. The third-order valence-corrected chi connectivity index (χ3v) is 7.15. The number of carbonyl (C=O) groups is 4. The number of nitrogens with zero attached hydrogens (tertiary/aromatic N) is 2. The van der Waals surface area contributed by atoms with E-state index in [2.05, 4.69) is 10.6 Å². The summed E-state index contributed by atoms with van der Waals surface area (Å²) in [6.45, 7) is 7.66. The van der Waals surface area contributed by atoms with Crippen LogP contribution in [0.5, 0.6) is 0 Å². The van der Waals surface area contributed by atoms with Crippen molar-refractivity contribution in [2.45, 2.75) is 32.1 Å². The largest absolute Gasteiger partial charge is 0.379 e. The second-order valence-electron chi connectivity index (χ2n) is 9.96. The lowest BCUT2D eigenvalue weighted by molar-refractivity contribution is -0.138. The van der Waals surface area contributed by atoms with E-state index >= 15 is 0 Å². The normalized spacial score (nSPS) is 21.5. The van der Waals surface area contributed by atoms with Crippen molar-refractivity contribution in [1.82, 2.24) is 20.4 Å². The lowest BCUT2D eigenvalue weighted by atomic mass is 9.81. The van der Waals surface area contributed by atoms with E-state index in [9.17, 15) is 19.2 Å². The van der Waals surface area contributed by atoms with Gasteiger partial charge in [-0.2, -0.15) is 0 Å². The molecule has 0 atom stereocenters. The molecule has 220 valence electrons. The molecule has 1 saturated heterocycles. The van der Waals surface area contributed by atoms with Gasteiger partial charge in [-0.05, 0) is 31.6 Å². The van der Waals surface area contributed by atoms with Gasteiger partial charge in [0, 0.05) is 57.3 Å². The van der Waals surface area contributed by atoms with Crippen molar-refractivity contribution in [1.29, 1.82) is 0 Å². The van der Waals surface area contributed by atoms with Gasteiger partial charge in [-0.1, -0.05) is 0 Å². The van der Waals surface area contributed by atoms with Crippen LogP contribution in [0, 0.1) is 11.8 Å². The summed E-state index contributed by atoms with van der Waals surface area (Å²) >= 11 is 0. The van der Waals surface area contributed by atoms with E-state index in [-0.39, 0.29) is 35.5 Å². The van der Waals surface area contributed by atoms with Crippen molar-refractivity contribution in [2.75, 3.05) is 92.1 Å². The number of rotatable bonds is 18. The first-order valence-electron chi connectivity index (χ1n) is 14.2. The van der Waals surface area contributed by atoms with E-state index in [1.54, 1.807) is 0 Å². The molecule has 1 saturated carbocycles. The Hall–Kier alpha value is -2.38. The Bertz CT molecular complexity index is 792. The summed E-state index contributed by atoms with van der Waals surface area (Å²) in [7, 11) is 0. The molecule has 4 amide bonds. The summed E-state index contributed by atoms with van der Waals surface area (Å²) in [5, 5.41) is 6.15. The molecule has 2 fully saturated rings. The average molecular weight is 553 g/mol. The summed E-state index contributed by atoms with van der Waals surface area (Å²) in [4.78, 5) is 51.0. The standard InChI is InChI=1S/C27H44N4O8/c32-24(30-11-8-28-9-12-30)7-13-36-15-17-38-19-20-39-18-16-37-14-10-29-27(35)23-3-1-22(2-4-23)21-31-25(33)5-6-26(31)34/h5-6,22-23,28H,1-4,7-21H2,(H,29,35). The van der Waals surface area contributed by atoms with Gasteiger partial charge < -0.3 is 34.5 Å². The second-order valence-corrected chi connectivity index (χ2v) is 9.96. The number of ether oxygens (including phenoxy) is 4. The molecule has 0 aromatic carbocycles. The lowest BCUT2D eigenvalue weighted by Gasteiger charge is -2.30. The monoisotopic (exact) mass is 552 g/mol. The zero-order valence-electron chi connectivity index (χ0n) is 22.9. The Morgan fingerprint density at radius 1 is 0.795 bits per heavy atom. The van der Waals surface area contributed by atoms with E-state index in [0.29, 0.717) is 72.4 Å². The van der Waals surface area contributed by atoms with E-state index in [1.165, 1.54) is 17.1 Å². The molecule has 0 bridgehead atoms. The minimum absolute atomic E-state index is 0.0297. The summed E-state index contributed by atoms with van der Waals surface area (Å²) in [5.41, 5.74) is 0. The number of piperazine rings is 1. The minimum Gasteiger partial charge on any atom is -0.379 e. The number of nitrogens with one attached hydrogen (secondary N) is 2. The molecule has 0 unspecified atom stereocenters. The fourth-order valence-corrected chi connectivity index (χ4v) is 4.86. The summed E-state index contributed by atoms with van der Waals surface area (Å²) < 4.78 is 21.9. The summed E-state index contributed by atoms with van der Waals surface area (Å²) in [5.74, 6) is -0.0820. The first kappa shape index (κ1) is 31.2. The van der Waals surface area contributed by atoms with Gasteiger partial charge in [0.15, 0.2) is 0 Å². The molecule has 0 spiro atoms. The predicted molar refractivity (Wildman–Crippen MR) is 142 cm³/mol. The Kier molecular flexibility index (Phi) is 14.4. The van der Waals surface area contributed by atoms with E-state index < -0.39 is 0 Å². The number of imide groups is 1. The van der Waals surface area contributed by atoms with Crippen LogP contribution in [0.3, 0.4) is 0 Å². The van der Waals surface area contributed by atoms with Gasteiger partial charge in [-0.25, -0.2) is 0 Å². The van der Waals surface area contributed by atoms with E-state index in [1.807, 2.05) is 4.90 Å². The molecule has 39 heavy (non-hydrogen) atoms. The molecule has 2 heterocycles. The predicted octanol–water partition coefficient (Wildman–Crippen LogP) is -0.278. The van der Waals surface area contributed by atoms with Crippen molar-refractivity contribution in [3.8, 4) is 0 Å². The Labute approximate surface area is 230 Å². The fraction of sp³-hybridized carbons (Fsp3) is 0.778. The van der Waals surface area contributed by atoms with Crippen LogP contribution in [-0.2, 0) is 38.1 Å². The highest BCUT2D eigenvalue weighted by molar-refractivity contribution is 6.12. The molecule has 3 aliphatic rings. The number of amides is 4. The topological polar surface area (TPSA) is 136 Å².